The van der Waals surface area contributed by atoms with Crippen LogP contribution in [0.5, 0.6) is 0 Å². The number of amides is 1. The molecule has 10 heteroatoms. The molecule has 38 heavy (non-hydrogen) atoms. The van der Waals surface area contributed by atoms with Gasteiger partial charge in [-0.1, -0.05) is 41.4 Å². The summed E-state index contributed by atoms with van der Waals surface area (Å²) in [6.07, 6.45) is 2.73. The van der Waals surface area contributed by atoms with Crippen molar-refractivity contribution in [2.45, 2.75) is 20.4 Å². The minimum Gasteiger partial charge on any atom is -0.318 e. The van der Waals surface area contributed by atoms with Gasteiger partial charge >= 0.3 is 0 Å². The van der Waals surface area contributed by atoms with E-state index in [1.165, 1.54) is 4.31 Å². The molecule has 0 spiro atoms. The molecule has 1 amide bonds. The third-order valence-corrected chi connectivity index (χ3v) is 7.59. The molecule has 0 saturated heterocycles. The smallest absolute Gasteiger partial charge is 0.271 e. The molecular weight excluding hydrogens is 543 g/mol. The number of carbonyl (C=O) groups is 1. The van der Waals surface area contributed by atoms with Gasteiger partial charge in [0.1, 0.15) is 0 Å². The van der Waals surface area contributed by atoms with Crippen molar-refractivity contribution in [3.05, 3.63) is 117 Å². The van der Waals surface area contributed by atoms with Crippen LogP contribution in [0.4, 0.5) is 5.69 Å². The van der Waals surface area contributed by atoms with E-state index < -0.39 is 15.9 Å². The van der Waals surface area contributed by atoms with Crippen LogP contribution in [0.1, 0.15) is 32.9 Å². The molecule has 0 radical (unpaired) electrons. The molecule has 0 fully saturated rings. The number of hydrogen-bond acceptors (Lipinski definition) is 4. The zero-order valence-electron chi connectivity index (χ0n) is 21.0. The normalized spacial score (nSPS) is 11.6. The molecule has 0 aliphatic rings. The molecule has 7 nitrogen and oxygen atoms in total. The quantitative estimate of drug-likeness (QED) is 0.205. The van der Waals surface area contributed by atoms with Crippen molar-refractivity contribution in [3.63, 3.8) is 0 Å². The van der Waals surface area contributed by atoms with Crippen molar-refractivity contribution in [1.82, 2.24) is 9.99 Å². The summed E-state index contributed by atoms with van der Waals surface area (Å²) in [6, 6.07) is 22.8. The highest BCUT2D eigenvalue weighted by Crippen LogP contribution is 2.23. The molecular formula is C28H26Cl2N4O3S. The van der Waals surface area contributed by atoms with Gasteiger partial charge in [-0.25, -0.2) is 13.8 Å². The van der Waals surface area contributed by atoms with Crippen molar-refractivity contribution in [2.75, 3.05) is 10.6 Å². The predicted molar refractivity (Wildman–Crippen MR) is 154 cm³/mol. The van der Waals surface area contributed by atoms with Crippen molar-refractivity contribution in [3.8, 4) is 5.69 Å². The van der Waals surface area contributed by atoms with E-state index in [4.69, 9.17) is 23.2 Å². The Labute approximate surface area is 232 Å². The van der Waals surface area contributed by atoms with Gasteiger partial charge in [0.05, 0.1) is 24.7 Å². The number of halogens is 2. The Balaban J connectivity index is 1.46. The Kier molecular flexibility index (Phi) is 8.26. The fourth-order valence-corrected chi connectivity index (χ4v) is 5.29. The number of anilines is 1. The molecule has 0 bridgehead atoms. The maximum absolute atomic E-state index is 12.7. The van der Waals surface area contributed by atoms with Crippen LogP contribution in [0.15, 0.2) is 84.0 Å². The van der Waals surface area contributed by atoms with Gasteiger partial charge in [-0.15, -0.1) is 0 Å². The molecule has 3 aromatic carbocycles. The number of nitrogens with one attached hydrogen (secondary N) is 1. The zero-order chi connectivity index (χ0) is 27.4. The van der Waals surface area contributed by atoms with E-state index in [1.807, 2.05) is 44.2 Å². The third kappa shape index (κ3) is 6.45. The molecule has 0 unspecified atom stereocenters. The highest BCUT2D eigenvalue weighted by Gasteiger charge is 2.18. The van der Waals surface area contributed by atoms with Crippen LogP contribution in [0.25, 0.3) is 5.69 Å². The zero-order valence-corrected chi connectivity index (χ0v) is 23.3. The molecule has 0 aliphatic carbocycles. The summed E-state index contributed by atoms with van der Waals surface area (Å²) in [7, 11) is -3.57. The fourth-order valence-electron chi connectivity index (χ4n) is 4.09. The summed E-state index contributed by atoms with van der Waals surface area (Å²) in [4.78, 5) is 12.7. The number of sulfonamides is 1. The Hall–Kier alpha value is -3.59. The van der Waals surface area contributed by atoms with Gasteiger partial charge in [0.15, 0.2) is 0 Å². The average Bonchev–Trinajstić information content (AvgIpc) is 3.15. The highest BCUT2D eigenvalue weighted by atomic mass is 35.5. The first kappa shape index (κ1) is 27.4. The van der Waals surface area contributed by atoms with Crippen LogP contribution in [-0.2, 0) is 16.6 Å². The van der Waals surface area contributed by atoms with Crippen LogP contribution in [0.2, 0.25) is 10.0 Å². The van der Waals surface area contributed by atoms with Crippen molar-refractivity contribution in [1.29, 1.82) is 0 Å². The van der Waals surface area contributed by atoms with E-state index >= 15 is 0 Å². The first-order chi connectivity index (χ1) is 18.0. The molecule has 1 N–H and O–H groups in total. The minimum absolute atomic E-state index is 0.138. The number of aromatic nitrogens is 1. The lowest BCUT2D eigenvalue weighted by atomic mass is 10.2. The molecule has 0 aliphatic heterocycles. The number of aryl methyl sites for hydroxylation is 1. The second kappa shape index (κ2) is 11.4. The number of benzene rings is 3. The first-order valence-electron chi connectivity index (χ1n) is 11.6. The Morgan fingerprint density at radius 3 is 2.29 bits per heavy atom. The predicted octanol–water partition coefficient (Wildman–Crippen LogP) is 6.13. The number of hydrazone groups is 1. The maximum Gasteiger partial charge on any atom is 0.271 e. The fraction of sp³-hybridized carbons (Fsp3) is 0.143. The summed E-state index contributed by atoms with van der Waals surface area (Å²) in [6.45, 7) is 4.09. The van der Waals surface area contributed by atoms with Gasteiger partial charge in [0.2, 0.25) is 10.0 Å². The Morgan fingerprint density at radius 1 is 0.974 bits per heavy atom. The van der Waals surface area contributed by atoms with Gasteiger partial charge in [-0.2, -0.15) is 5.10 Å². The van der Waals surface area contributed by atoms with E-state index in [1.54, 1.807) is 54.7 Å². The van der Waals surface area contributed by atoms with Crippen LogP contribution < -0.4 is 9.73 Å². The van der Waals surface area contributed by atoms with Crippen molar-refractivity contribution < 1.29 is 13.2 Å². The van der Waals surface area contributed by atoms with Crippen LogP contribution in [0, 0.1) is 13.8 Å². The second-order valence-electron chi connectivity index (χ2n) is 8.78. The van der Waals surface area contributed by atoms with Crippen LogP contribution in [-0.4, -0.2) is 31.4 Å². The standard InChI is InChI=1S/C28H26Cl2N4O3S/c1-19-15-23(20(2)34(19)27-6-4-5-25(30)16-27)17-31-32-28(35)22-9-13-26(14-10-22)33(38(3,36)37)18-21-7-11-24(29)12-8-21/h4-17H,18H2,1-3H3,(H,32,35)/b31-17+. The van der Waals surface area contributed by atoms with E-state index in [9.17, 15) is 13.2 Å². The summed E-state index contributed by atoms with van der Waals surface area (Å²) in [5.41, 5.74) is 7.84. The Bertz CT molecular complexity index is 1600. The van der Waals surface area contributed by atoms with E-state index in [0.717, 1.165) is 34.5 Å². The van der Waals surface area contributed by atoms with Crippen molar-refractivity contribution in [2.24, 2.45) is 5.10 Å². The van der Waals surface area contributed by atoms with Gasteiger partial charge in [0, 0.05) is 38.2 Å². The molecule has 4 rings (SSSR count). The monoisotopic (exact) mass is 568 g/mol. The van der Waals surface area contributed by atoms with Gasteiger partial charge < -0.3 is 4.57 Å². The lowest BCUT2D eigenvalue weighted by Crippen LogP contribution is -2.29. The van der Waals surface area contributed by atoms with E-state index in [2.05, 4.69) is 15.1 Å². The van der Waals surface area contributed by atoms with E-state index in [-0.39, 0.29) is 6.54 Å². The van der Waals surface area contributed by atoms with Gasteiger partial charge in [-0.05, 0) is 80.1 Å². The maximum atomic E-state index is 12.7. The first-order valence-corrected chi connectivity index (χ1v) is 14.2. The number of hydrogen-bond donors (Lipinski definition) is 1. The average molecular weight is 570 g/mol. The summed E-state index contributed by atoms with van der Waals surface area (Å²) in [5.74, 6) is -0.417. The van der Waals surface area contributed by atoms with Gasteiger partial charge in [-0.3, -0.25) is 9.10 Å². The van der Waals surface area contributed by atoms with Crippen LogP contribution in [0.3, 0.4) is 0 Å². The number of nitrogens with zero attached hydrogens (tertiary/aromatic N) is 3. The summed E-state index contributed by atoms with van der Waals surface area (Å²) in [5, 5.41) is 5.34. The SMILES string of the molecule is Cc1cc(/C=N/NC(=O)c2ccc(N(Cc3ccc(Cl)cc3)S(C)(=O)=O)cc2)c(C)n1-c1cccc(Cl)c1. The molecule has 0 atom stereocenters. The van der Waals surface area contributed by atoms with Crippen molar-refractivity contribution >= 4 is 51.0 Å². The Morgan fingerprint density at radius 2 is 1.66 bits per heavy atom. The summed E-state index contributed by atoms with van der Waals surface area (Å²) < 4.78 is 28.2. The molecule has 1 heterocycles. The lowest BCUT2D eigenvalue weighted by molar-refractivity contribution is 0.0955. The number of carbonyl (C=O) groups excluding carboxylic acids is 1. The third-order valence-electron chi connectivity index (χ3n) is 5.96. The summed E-state index contributed by atoms with van der Waals surface area (Å²) >= 11 is 12.1. The number of rotatable bonds is 8. The second-order valence-corrected chi connectivity index (χ2v) is 11.6. The lowest BCUT2D eigenvalue weighted by Gasteiger charge is -2.22. The van der Waals surface area contributed by atoms with E-state index in [0.29, 0.717) is 21.3 Å². The molecule has 196 valence electrons. The molecule has 4 aromatic rings. The largest absolute Gasteiger partial charge is 0.318 e. The minimum atomic E-state index is -3.57. The molecule has 1 aromatic heterocycles. The molecule has 0 saturated carbocycles. The van der Waals surface area contributed by atoms with Gasteiger partial charge in [0.25, 0.3) is 5.91 Å². The topological polar surface area (TPSA) is 83.8 Å². The highest BCUT2D eigenvalue weighted by molar-refractivity contribution is 7.92. The van der Waals surface area contributed by atoms with Crippen LogP contribution >= 0.6 is 23.2 Å².